The molecule has 0 radical (unpaired) electrons. The number of aromatic nitrogens is 6. The van der Waals surface area contributed by atoms with Crippen molar-refractivity contribution in [3.05, 3.63) is 69.7 Å². The van der Waals surface area contributed by atoms with Crippen LogP contribution in [0.25, 0.3) is 11.0 Å². The van der Waals surface area contributed by atoms with Gasteiger partial charge in [-0.1, -0.05) is 0 Å². The second-order valence-corrected chi connectivity index (χ2v) is 6.86. The van der Waals surface area contributed by atoms with E-state index < -0.39 is 11.2 Å². The van der Waals surface area contributed by atoms with Gasteiger partial charge in [0.1, 0.15) is 11.1 Å². The quantitative estimate of drug-likeness (QED) is 0.507. The highest BCUT2D eigenvalue weighted by molar-refractivity contribution is 5.73. The van der Waals surface area contributed by atoms with E-state index in [4.69, 9.17) is 4.42 Å². The summed E-state index contributed by atoms with van der Waals surface area (Å²) in [6.45, 7) is 2.81. The number of fused-ring (bicyclic) bond motifs is 1. The molecule has 0 spiro atoms. The van der Waals surface area contributed by atoms with Gasteiger partial charge >= 0.3 is 5.69 Å². The van der Waals surface area contributed by atoms with Crippen LogP contribution in [0, 0.1) is 0 Å². The number of H-pyrrole nitrogens is 1. The zero-order valence-electron chi connectivity index (χ0n) is 15.9. The molecule has 11 heteroatoms. The SMILES string of the molecule is O=c1[nH]c2nc(N3CCN(c4ncccn4)CC3)ncc2c(=O)n1Cc1ccco1. The Kier molecular flexibility index (Phi) is 4.46. The first kappa shape index (κ1) is 18.0. The summed E-state index contributed by atoms with van der Waals surface area (Å²) in [5.74, 6) is 1.67. The fourth-order valence-corrected chi connectivity index (χ4v) is 3.45. The number of hydrogen-bond donors (Lipinski definition) is 1. The maximum atomic E-state index is 12.8. The van der Waals surface area contributed by atoms with Gasteiger partial charge in [-0.3, -0.25) is 14.3 Å². The lowest BCUT2D eigenvalue weighted by Crippen LogP contribution is -2.47. The van der Waals surface area contributed by atoms with Crippen LogP contribution in [-0.2, 0) is 6.54 Å². The van der Waals surface area contributed by atoms with E-state index in [9.17, 15) is 9.59 Å². The monoisotopic (exact) mass is 406 g/mol. The molecule has 0 saturated carbocycles. The van der Waals surface area contributed by atoms with E-state index in [-0.39, 0.29) is 17.6 Å². The van der Waals surface area contributed by atoms with E-state index in [0.29, 0.717) is 43.8 Å². The zero-order chi connectivity index (χ0) is 20.5. The van der Waals surface area contributed by atoms with Gasteiger partial charge in [0, 0.05) is 44.8 Å². The predicted molar refractivity (Wildman–Crippen MR) is 109 cm³/mol. The van der Waals surface area contributed by atoms with Crippen LogP contribution in [0.2, 0.25) is 0 Å². The molecule has 0 bridgehead atoms. The van der Waals surface area contributed by atoms with Crippen LogP contribution >= 0.6 is 0 Å². The third kappa shape index (κ3) is 3.30. The van der Waals surface area contributed by atoms with Crippen LogP contribution in [-0.4, -0.2) is 55.7 Å². The summed E-state index contributed by atoms with van der Waals surface area (Å²) in [6.07, 6.45) is 6.39. The van der Waals surface area contributed by atoms with Crippen molar-refractivity contribution in [2.45, 2.75) is 6.54 Å². The summed E-state index contributed by atoms with van der Waals surface area (Å²) >= 11 is 0. The van der Waals surface area contributed by atoms with Gasteiger partial charge in [0.15, 0.2) is 5.65 Å². The lowest BCUT2D eigenvalue weighted by molar-refractivity contribution is 0.484. The molecule has 0 amide bonds. The molecule has 30 heavy (non-hydrogen) atoms. The Morgan fingerprint density at radius 2 is 1.70 bits per heavy atom. The van der Waals surface area contributed by atoms with Gasteiger partial charge in [-0.05, 0) is 18.2 Å². The second kappa shape index (κ2) is 7.43. The topological polar surface area (TPSA) is 126 Å². The number of furan rings is 1. The Labute approximate surface area is 169 Å². The van der Waals surface area contributed by atoms with Crippen LogP contribution in [0.1, 0.15) is 5.76 Å². The molecule has 0 aromatic carbocycles. The molecule has 5 rings (SSSR count). The first-order chi connectivity index (χ1) is 14.7. The van der Waals surface area contributed by atoms with E-state index in [1.807, 2.05) is 4.90 Å². The molecule has 1 saturated heterocycles. The van der Waals surface area contributed by atoms with Gasteiger partial charge in [0.05, 0.1) is 12.8 Å². The summed E-state index contributed by atoms with van der Waals surface area (Å²) in [5.41, 5.74) is -0.776. The Bertz CT molecular complexity index is 1270. The lowest BCUT2D eigenvalue weighted by Gasteiger charge is -2.34. The summed E-state index contributed by atoms with van der Waals surface area (Å²) in [5, 5.41) is 0.251. The molecule has 152 valence electrons. The Morgan fingerprint density at radius 1 is 0.967 bits per heavy atom. The van der Waals surface area contributed by atoms with Gasteiger partial charge in [0.25, 0.3) is 5.56 Å². The van der Waals surface area contributed by atoms with Crippen molar-refractivity contribution in [1.82, 2.24) is 29.5 Å². The van der Waals surface area contributed by atoms with Crippen molar-refractivity contribution in [1.29, 1.82) is 0 Å². The smallest absolute Gasteiger partial charge is 0.330 e. The molecule has 1 fully saturated rings. The van der Waals surface area contributed by atoms with E-state index in [0.717, 1.165) is 4.57 Å². The minimum absolute atomic E-state index is 0.0440. The number of hydrogen-bond acceptors (Lipinski definition) is 9. The largest absolute Gasteiger partial charge is 0.467 e. The van der Waals surface area contributed by atoms with Crippen LogP contribution in [0.3, 0.4) is 0 Å². The van der Waals surface area contributed by atoms with Crippen molar-refractivity contribution in [2.24, 2.45) is 0 Å². The zero-order valence-corrected chi connectivity index (χ0v) is 15.9. The Hall–Kier alpha value is -4.02. The fraction of sp³-hybridized carbons (Fsp3) is 0.263. The van der Waals surface area contributed by atoms with Crippen LogP contribution in [0.4, 0.5) is 11.9 Å². The van der Waals surface area contributed by atoms with E-state index in [1.54, 1.807) is 30.6 Å². The number of aromatic amines is 1. The highest BCUT2D eigenvalue weighted by Crippen LogP contribution is 2.15. The molecule has 1 aliphatic heterocycles. The highest BCUT2D eigenvalue weighted by Gasteiger charge is 2.21. The van der Waals surface area contributed by atoms with Crippen molar-refractivity contribution < 1.29 is 4.42 Å². The number of nitrogens with one attached hydrogen (secondary N) is 1. The fourth-order valence-electron chi connectivity index (χ4n) is 3.45. The summed E-state index contributed by atoms with van der Waals surface area (Å²) < 4.78 is 6.31. The molecule has 4 aromatic heterocycles. The molecular formula is C19H18N8O3. The maximum absolute atomic E-state index is 12.8. The first-order valence-electron chi connectivity index (χ1n) is 9.48. The average molecular weight is 406 g/mol. The predicted octanol–water partition coefficient (Wildman–Crippen LogP) is 0.238. The minimum Gasteiger partial charge on any atom is -0.467 e. The summed E-state index contributed by atoms with van der Waals surface area (Å²) in [7, 11) is 0. The normalized spacial score (nSPS) is 14.4. The third-order valence-corrected chi connectivity index (χ3v) is 5.01. The Morgan fingerprint density at radius 3 is 2.40 bits per heavy atom. The van der Waals surface area contributed by atoms with Crippen LogP contribution in [0.5, 0.6) is 0 Å². The van der Waals surface area contributed by atoms with Crippen molar-refractivity contribution in [2.75, 3.05) is 36.0 Å². The van der Waals surface area contributed by atoms with Gasteiger partial charge in [-0.2, -0.15) is 4.98 Å². The van der Waals surface area contributed by atoms with Crippen LogP contribution < -0.4 is 21.0 Å². The van der Waals surface area contributed by atoms with Gasteiger partial charge < -0.3 is 14.2 Å². The molecule has 0 unspecified atom stereocenters. The molecular weight excluding hydrogens is 388 g/mol. The second-order valence-electron chi connectivity index (χ2n) is 6.86. The average Bonchev–Trinajstić information content (AvgIpc) is 3.30. The third-order valence-electron chi connectivity index (χ3n) is 5.01. The molecule has 0 aliphatic carbocycles. The molecule has 0 atom stereocenters. The molecule has 4 aromatic rings. The van der Waals surface area contributed by atoms with Crippen molar-refractivity contribution in [3.8, 4) is 0 Å². The maximum Gasteiger partial charge on any atom is 0.330 e. The first-order valence-corrected chi connectivity index (χ1v) is 9.48. The number of rotatable bonds is 4. The van der Waals surface area contributed by atoms with E-state index in [1.165, 1.54) is 12.5 Å². The molecule has 1 N–H and O–H groups in total. The van der Waals surface area contributed by atoms with E-state index in [2.05, 4.69) is 29.8 Å². The number of piperazine rings is 1. The lowest BCUT2D eigenvalue weighted by atomic mass is 10.3. The number of nitrogens with zero attached hydrogens (tertiary/aromatic N) is 7. The summed E-state index contributed by atoms with van der Waals surface area (Å²) in [6, 6.07) is 5.19. The molecule has 1 aliphatic rings. The standard InChI is InChI=1S/C19H18N8O3/c28-16-14-11-22-18(26-8-6-25(7-9-26)17-20-4-2-5-21-17)23-15(14)24-19(29)27(16)12-13-3-1-10-30-13/h1-5,10-11H,6-9,12H2,(H,22,23,24,29). The van der Waals surface area contributed by atoms with Gasteiger partial charge in [0.2, 0.25) is 11.9 Å². The van der Waals surface area contributed by atoms with Gasteiger partial charge in [-0.25, -0.2) is 19.7 Å². The van der Waals surface area contributed by atoms with Crippen molar-refractivity contribution >= 4 is 22.9 Å². The van der Waals surface area contributed by atoms with Gasteiger partial charge in [-0.15, -0.1) is 0 Å². The van der Waals surface area contributed by atoms with E-state index >= 15 is 0 Å². The Balaban J connectivity index is 1.39. The minimum atomic E-state index is -0.542. The van der Waals surface area contributed by atoms with Crippen LogP contribution in [0.15, 0.2) is 57.1 Å². The highest BCUT2D eigenvalue weighted by atomic mass is 16.3. The molecule has 11 nitrogen and oxygen atoms in total. The molecule has 5 heterocycles. The summed E-state index contributed by atoms with van der Waals surface area (Å²) in [4.78, 5) is 49.3. The van der Waals surface area contributed by atoms with Crippen molar-refractivity contribution in [3.63, 3.8) is 0 Å². The number of anilines is 2.